The van der Waals surface area contributed by atoms with Crippen molar-refractivity contribution in [2.24, 2.45) is 0 Å². The first-order chi connectivity index (χ1) is 19.3. The molecule has 0 fully saturated rings. The van der Waals surface area contributed by atoms with E-state index in [0.29, 0.717) is 31.7 Å². The van der Waals surface area contributed by atoms with E-state index < -0.39 is 59.4 Å². The van der Waals surface area contributed by atoms with Gasteiger partial charge in [0.1, 0.15) is 0 Å². The normalized spacial score (nSPS) is 13.3. The Morgan fingerprint density at radius 3 is 1.71 bits per heavy atom. The van der Waals surface area contributed by atoms with Crippen LogP contribution in [0.15, 0.2) is 30.0 Å². The fraction of sp³-hybridized carbons (Fsp3) is 0.583. The maximum absolute atomic E-state index is 14.3. The van der Waals surface area contributed by atoms with Gasteiger partial charge < -0.3 is 14.2 Å². The number of nitrogens with one attached hydrogen (secondary N) is 2. The second kappa shape index (κ2) is 15.1. The summed E-state index contributed by atoms with van der Waals surface area (Å²) in [5, 5.41) is 4.00. The zero-order valence-electron chi connectivity index (χ0n) is 22.1. The molecular weight excluding hydrogens is 605 g/mol. The smallest absolute Gasteiger partial charge is 0.449 e. The van der Waals surface area contributed by atoms with E-state index in [1.54, 1.807) is 0 Å². The fourth-order valence-corrected chi connectivity index (χ4v) is 2.90. The van der Waals surface area contributed by atoms with Crippen molar-refractivity contribution in [2.45, 2.75) is 76.3 Å². The Kier molecular flexibility index (Phi) is 13.2. The third-order valence-electron chi connectivity index (χ3n) is 5.22. The van der Waals surface area contributed by atoms with Gasteiger partial charge in [0.15, 0.2) is 5.75 Å². The number of hydrogen-bond acceptors (Lipinski definition) is 5. The molecule has 0 aliphatic heterocycles. The number of carbonyl (C=O) groups excluding carboxylic acids is 2. The monoisotopic (exact) mass is 632 g/mol. The molecule has 42 heavy (non-hydrogen) atoms. The summed E-state index contributed by atoms with van der Waals surface area (Å²) in [6.45, 7) is 3.54. The second-order valence-electron chi connectivity index (χ2n) is 8.56. The van der Waals surface area contributed by atoms with Crippen molar-refractivity contribution >= 4 is 23.6 Å². The Labute approximate surface area is 232 Å². The Morgan fingerprint density at radius 2 is 1.24 bits per heavy atom. The minimum Gasteiger partial charge on any atom is -0.449 e. The number of rotatable bonds is 15. The van der Waals surface area contributed by atoms with Crippen molar-refractivity contribution in [1.82, 2.24) is 0 Å². The molecule has 18 heteroatoms. The number of allylic oxidation sites excluding steroid dienone is 1. The Hall–Kier alpha value is -3.47. The van der Waals surface area contributed by atoms with E-state index >= 15 is 0 Å². The minimum absolute atomic E-state index is 0.0407. The summed E-state index contributed by atoms with van der Waals surface area (Å²) in [6.07, 6.45) is -5.86. The van der Waals surface area contributed by atoms with Gasteiger partial charge in [-0.15, -0.1) is 0 Å². The molecule has 0 atom stereocenters. The maximum atomic E-state index is 14.3. The van der Waals surface area contributed by atoms with E-state index in [2.05, 4.69) is 10.1 Å². The van der Waals surface area contributed by atoms with Gasteiger partial charge in [-0.1, -0.05) is 39.5 Å². The average molecular weight is 632 g/mol. The lowest BCUT2D eigenvalue weighted by Crippen LogP contribution is -2.61. The SMILES string of the molecule is CCCCCOC(=O)Nc1ccc(NC(=O)OCCCCC)c(OC(F)=C(F)C(F)(F)C(F)(F)C(F)(F)C(F)(F)F)c1. The quantitative estimate of drug-likeness (QED) is 0.114. The maximum Gasteiger partial charge on any atom is 0.460 e. The zero-order valence-corrected chi connectivity index (χ0v) is 22.1. The van der Waals surface area contributed by atoms with Gasteiger partial charge in [0.2, 0.25) is 5.83 Å². The number of amides is 2. The molecule has 0 saturated heterocycles. The van der Waals surface area contributed by atoms with Gasteiger partial charge >= 0.3 is 42.1 Å². The summed E-state index contributed by atoms with van der Waals surface area (Å²) in [7, 11) is 0. The van der Waals surface area contributed by atoms with E-state index in [1.807, 2.05) is 19.2 Å². The first kappa shape index (κ1) is 36.6. The van der Waals surface area contributed by atoms with Crippen LogP contribution in [0.3, 0.4) is 0 Å². The van der Waals surface area contributed by atoms with Crippen molar-refractivity contribution in [3.05, 3.63) is 30.0 Å². The lowest BCUT2D eigenvalue weighted by atomic mass is 10.0. The van der Waals surface area contributed by atoms with Crippen LogP contribution in [0.4, 0.5) is 69.3 Å². The molecule has 0 heterocycles. The number of benzene rings is 1. The molecule has 0 aromatic heterocycles. The molecule has 1 rings (SSSR count). The van der Waals surface area contributed by atoms with Crippen LogP contribution in [-0.4, -0.2) is 49.3 Å². The van der Waals surface area contributed by atoms with Gasteiger partial charge in [0.25, 0.3) is 0 Å². The molecule has 0 bridgehead atoms. The Morgan fingerprint density at radius 1 is 0.738 bits per heavy atom. The highest BCUT2D eigenvalue weighted by Gasteiger charge is 2.83. The van der Waals surface area contributed by atoms with Gasteiger partial charge in [-0.05, 0) is 25.0 Å². The molecule has 0 spiro atoms. The van der Waals surface area contributed by atoms with Gasteiger partial charge in [0.05, 0.1) is 18.9 Å². The van der Waals surface area contributed by atoms with Gasteiger partial charge in [0, 0.05) is 11.8 Å². The van der Waals surface area contributed by atoms with Crippen molar-refractivity contribution in [3.63, 3.8) is 0 Å². The van der Waals surface area contributed by atoms with Crippen LogP contribution in [0.2, 0.25) is 0 Å². The molecule has 1 aromatic rings. The standard InChI is InChI=1S/C24H27F11N2O5/c1-3-5-7-11-40-19(38)36-14-9-10-15(37-20(39)41-12-8-6-4-2)16(13-14)42-18(26)17(25)21(27,28)22(29,30)23(31,32)24(33,34)35/h9-10,13H,3-8,11-12H2,1-2H3,(H,36,38)(H,37,39). The van der Waals surface area contributed by atoms with E-state index in [1.165, 1.54) is 0 Å². The van der Waals surface area contributed by atoms with Crippen LogP contribution in [0.25, 0.3) is 0 Å². The topological polar surface area (TPSA) is 85.9 Å². The number of ether oxygens (including phenoxy) is 3. The average Bonchev–Trinajstić information content (AvgIpc) is 2.89. The minimum atomic E-state index is -7.52. The first-order valence-corrected chi connectivity index (χ1v) is 12.3. The second-order valence-corrected chi connectivity index (χ2v) is 8.56. The number of anilines is 2. The molecule has 7 nitrogen and oxygen atoms in total. The summed E-state index contributed by atoms with van der Waals surface area (Å²) < 4.78 is 160. The Bertz CT molecular complexity index is 1100. The zero-order chi connectivity index (χ0) is 32.4. The van der Waals surface area contributed by atoms with Crippen molar-refractivity contribution in [1.29, 1.82) is 0 Å². The predicted molar refractivity (Wildman–Crippen MR) is 126 cm³/mol. The number of unbranched alkanes of at least 4 members (excludes halogenated alkanes) is 4. The number of alkyl halides is 9. The molecule has 0 unspecified atom stereocenters. The third kappa shape index (κ3) is 9.27. The summed E-state index contributed by atoms with van der Waals surface area (Å²) in [5.41, 5.74) is -1.10. The molecule has 0 saturated carbocycles. The van der Waals surface area contributed by atoms with E-state index in [9.17, 15) is 57.9 Å². The van der Waals surface area contributed by atoms with Crippen LogP contribution in [0, 0.1) is 0 Å². The van der Waals surface area contributed by atoms with Crippen LogP contribution < -0.4 is 15.4 Å². The van der Waals surface area contributed by atoms with Gasteiger partial charge in [-0.25, -0.2) is 9.59 Å². The van der Waals surface area contributed by atoms with Crippen LogP contribution in [-0.2, 0) is 9.47 Å². The molecule has 0 aliphatic carbocycles. The highest BCUT2D eigenvalue weighted by atomic mass is 19.4. The lowest BCUT2D eigenvalue weighted by Gasteiger charge is -2.32. The van der Waals surface area contributed by atoms with Crippen LogP contribution in [0.1, 0.15) is 52.4 Å². The van der Waals surface area contributed by atoms with Crippen LogP contribution in [0.5, 0.6) is 5.75 Å². The summed E-state index contributed by atoms with van der Waals surface area (Å²) in [6, 6.07) is -1.02. The lowest BCUT2D eigenvalue weighted by molar-refractivity contribution is -0.392. The molecular formula is C24H27F11N2O5. The highest BCUT2D eigenvalue weighted by molar-refractivity contribution is 5.89. The Balaban J connectivity index is 3.37. The van der Waals surface area contributed by atoms with Crippen molar-refractivity contribution in [2.75, 3.05) is 23.8 Å². The fourth-order valence-electron chi connectivity index (χ4n) is 2.90. The van der Waals surface area contributed by atoms with Crippen LogP contribution >= 0.6 is 0 Å². The molecule has 1 aromatic carbocycles. The van der Waals surface area contributed by atoms with Crippen molar-refractivity contribution in [3.8, 4) is 5.75 Å². The van der Waals surface area contributed by atoms with Gasteiger partial charge in [-0.2, -0.15) is 48.3 Å². The molecule has 0 radical (unpaired) electrons. The number of hydrogen-bond donors (Lipinski definition) is 2. The number of carbonyl (C=O) groups is 2. The van der Waals surface area contributed by atoms with E-state index in [-0.39, 0.29) is 18.9 Å². The van der Waals surface area contributed by atoms with Gasteiger partial charge in [-0.3, -0.25) is 10.6 Å². The first-order valence-electron chi connectivity index (χ1n) is 12.3. The van der Waals surface area contributed by atoms with Crippen molar-refractivity contribution < 1.29 is 72.1 Å². The molecule has 240 valence electrons. The van der Waals surface area contributed by atoms with E-state index in [4.69, 9.17) is 9.47 Å². The molecule has 2 N–H and O–H groups in total. The number of halogens is 11. The molecule has 2 amide bonds. The summed E-state index contributed by atoms with van der Waals surface area (Å²) in [5.74, 6) is -27.4. The summed E-state index contributed by atoms with van der Waals surface area (Å²) >= 11 is 0. The highest BCUT2D eigenvalue weighted by Crippen LogP contribution is 2.56. The molecule has 0 aliphatic rings. The van der Waals surface area contributed by atoms with E-state index in [0.717, 1.165) is 25.0 Å². The predicted octanol–water partition coefficient (Wildman–Crippen LogP) is 9.12. The third-order valence-corrected chi connectivity index (χ3v) is 5.22. The largest absolute Gasteiger partial charge is 0.460 e. The summed E-state index contributed by atoms with van der Waals surface area (Å²) in [4.78, 5) is 23.9.